The molecule has 0 fully saturated rings. The number of aromatic nitrogens is 5. The summed E-state index contributed by atoms with van der Waals surface area (Å²) in [6.45, 7) is 5.13. The fourth-order valence-electron chi connectivity index (χ4n) is 3.39. The third kappa shape index (κ3) is 4.22. The maximum atomic E-state index is 13.3. The van der Waals surface area contributed by atoms with Crippen molar-refractivity contribution in [2.75, 3.05) is 0 Å². The highest BCUT2D eigenvalue weighted by Gasteiger charge is 2.17. The Balaban J connectivity index is 1.51. The van der Waals surface area contributed by atoms with E-state index in [0.29, 0.717) is 18.9 Å². The smallest absolute Gasteiger partial charge is 0.225 e. The maximum Gasteiger partial charge on any atom is 0.225 e. The van der Waals surface area contributed by atoms with Crippen molar-refractivity contribution in [1.29, 1.82) is 0 Å². The third-order valence-electron chi connectivity index (χ3n) is 5.10. The van der Waals surface area contributed by atoms with Crippen LogP contribution in [0.25, 0.3) is 11.2 Å². The van der Waals surface area contributed by atoms with Gasteiger partial charge in [0.2, 0.25) is 5.91 Å². The monoisotopic (exact) mass is 406 g/mol. The van der Waals surface area contributed by atoms with Crippen molar-refractivity contribution < 1.29 is 9.18 Å². The van der Waals surface area contributed by atoms with Crippen LogP contribution in [-0.4, -0.2) is 30.0 Å². The van der Waals surface area contributed by atoms with Crippen LogP contribution in [0.1, 0.15) is 24.1 Å². The van der Waals surface area contributed by atoms with Crippen LogP contribution in [0.2, 0.25) is 0 Å². The first-order valence-corrected chi connectivity index (χ1v) is 9.81. The Hall–Kier alpha value is -3.55. The lowest BCUT2D eigenvalue weighted by Crippen LogP contribution is -2.32. The van der Waals surface area contributed by atoms with Gasteiger partial charge < -0.3 is 14.5 Å². The minimum atomic E-state index is -0.276. The number of carbonyl (C=O) groups excluding carboxylic acids is 1. The van der Waals surface area contributed by atoms with Crippen LogP contribution in [0.5, 0.6) is 0 Å². The molecular formula is C22H23FN6O. The fourth-order valence-corrected chi connectivity index (χ4v) is 3.39. The number of nitrogens with one attached hydrogen (secondary N) is 1. The zero-order valence-corrected chi connectivity index (χ0v) is 16.9. The average molecular weight is 406 g/mol. The molecule has 3 aromatic heterocycles. The first-order chi connectivity index (χ1) is 14.5. The molecule has 0 aliphatic carbocycles. The standard InChI is InChI=1S/C22H23FN6O/c1-15(13-28-11-10-24-16(28)2)22(30)26-12-20-27-19-4-3-9-25-21(19)29(20)14-17-5-7-18(23)8-6-17/h3-11,15H,12-14H2,1-2H3,(H,26,30)/t15-/m1/s1. The summed E-state index contributed by atoms with van der Waals surface area (Å²) in [4.78, 5) is 25.9. The van der Waals surface area contributed by atoms with E-state index in [4.69, 9.17) is 0 Å². The Morgan fingerprint density at radius 1 is 1.17 bits per heavy atom. The number of hydrogen-bond donors (Lipinski definition) is 1. The molecule has 1 amide bonds. The average Bonchev–Trinajstić information content (AvgIpc) is 3.31. The van der Waals surface area contributed by atoms with Gasteiger partial charge in [0.1, 0.15) is 23.0 Å². The first-order valence-electron chi connectivity index (χ1n) is 9.81. The van der Waals surface area contributed by atoms with Gasteiger partial charge in [0.05, 0.1) is 19.0 Å². The van der Waals surface area contributed by atoms with Crippen molar-refractivity contribution in [1.82, 2.24) is 29.4 Å². The molecule has 4 aromatic rings. The van der Waals surface area contributed by atoms with Gasteiger partial charge in [0, 0.05) is 25.1 Å². The number of pyridine rings is 1. The molecule has 1 N–H and O–H groups in total. The molecule has 154 valence electrons. The van der Waals surface area contributed by atoms with Crippen molar-refractivity contribution in [2.24, 2.45) is 5.92 Å². The molecule has 1 atom stereocenters. The highest BCUT2D eigenvalue weighted by Crippen LogP contribution is 2.16. The SMILES string of the molecule is Cc1nccn1C[C@@H](C)C(=O)NCc1nc2cccnc2n1Cc1ccc(F)cc1. The predicted octanol–water partition coefficient (Wildman–Crippen LogP) is 3.08. The number of aryl methyl sites for hydroxylation is 1. The van der Waals surface area contributed by atoms with Gasteiger partial charge in [0.15, 0.2) is 5.65 Å². The second-order valence-electron chi connectivity index (χ2n) is 7.33. The molecule has 7 nitrogen and oxygen atoms in total. The molecule has 8 heteroatoms. The molecule has 0 saturated heterocycles. The molecule has 3 heterocycles. The quantitative estimate of drug-likeness (QED) is 0.512. The van der Waals surface area contributed by atoms with Crippen molar-refractivity contribution in [3.05, 3.63) is 78.0 Å². The molecule has 0 unspecified atom stereocenters. The number of amides is 1. The lowest BCUT2D eigenvalue weighted by atomic mass is 10.1. The third-order valence-corrected chi connectivity index (χ3v) is 5.10. The van der Waals surface area contributed by atoms with Gasteiger partial charge in [-0.25, -0.2) is 19.3 Å². The fraction of sp³-hybridized carbons (Fsp3) is 0.273. The Morgan fingerprint density at radius 3 is 2.70 bits per heavy atom. The zero-order chi connectivity index (χ0) is 21.1. The molecule has 0 radical (unpaired) electrons. The van der Waals surface area contributed by atoms with Gasteiger partial charge >= 0.3 is 0 Å². The molecular weight excluding hydrogens is 383 g/mol. The van der Waals surface area contributed by atoms with E-state index in [1.165, 1.54) is 12.1 Å². The zero-order valence-electron chi connectivity index (χ0n) is 16.9. The van der Waals surface area contributed by atoms with Crippen molar-refractivity contribution in [3.8, 4) is 0 Å². The van der Waals surface area contributed by atoms with Crippen LogP contribution in [-0.2, 0) is 24.4 Å². The van der Waals surface area contributed by atoms with Crippen LogP contribution in [0.4, 0.5) is 4.39 Å². The van der Waals surface area contributed by atoms with Crippen LogP contribution in [0, 0.1) is 18.7 Å². The highest BCUT2D eigenvalue weighted by molar-refractivity contribution is 5.78. The molecule has 0 bridgehead atoms. The van der Waals surface area contributed by atoms with Gasteiger partial charge in [-0.15, -0.1) is 0 Å². The maximum absolute atomic E-state index is 13.3. The van der Waals surface area contributed by atoms with Crippen LogP contribution >= 0.6 is 0 Å². The topological polar surface area (TPSA) is 77.6 Å². The molecule has 30 heavy (non-hydrogen) atoms. The van der Waals surface area contributed by atoms with E-state index in [-0.39, 0.29) is 24.2 Å². The number of imidazole rings is 2. The van der Waals surface area contributed by atoms with Crippen molar-refractivity contribution >= 4 is 17.1 Å². The summed E-state index contributed by atoms with van der Waals surface area (Å²) in [6.07, 6.45) is 5.31. The van der Waals surface area contributed by atoms with Crippen LogP contribution < -0.4 is 5.32 Å². The summed E-state index contributed by atoms with van der Waals surface area (Å²) in [7, 11) is 0. The number of rotatable bonds is 7. The van der Waals surface area contributed by atoms with Gasteiger partial charge in [-0.2, -0.15) is 0 Å². The first kappa shape index (κ1) is 19.8. The number of benzene rings is 1. The molecule has 0 saturated carbocycles. The Morgan fingerprint density at radius 2 is 1.97 bits per heavy atom. The van der Waals surface area contributed by atoms with Gasteiger partial charge in [-0.05, 0) is 36.8 Å². The Kier molecular flexibility index (Phi) is 5.56. The normalized spacial score (nSPS) is 12.2. The second kappa shape index (κ2) is 8.44. The lowest BCUT2D eigenvalue weighted by Gasteiger charge is -2.14. The largest absolute Gasteiger partial charge is 0.349 e. The molecule has 1 aromatic carbocycles. The van der Waals surface area contributed by atoms with E-state index in [2.05, 4.69) is 20.3 Å². The number of nitrogens with zero attached hydrogens (tertiary/aromatic N) is 5. The number of halogens is 1. The van der Waals surface area contributed by atoms with E-state index < -0.39 is 0 Å². The lowest BCUT2D eigenvalue weighted by molar-refractivity contribution is -0.125. The van der Waals surface area contributed by atoms with E-state index in [1.807, 2.05) is 41.3 Å². The van der Waals surface area contributed by atoms with E-state index >= 15 is 0 Å². The van der Waals surface area contributed by atoms with Gasteiger partial charge in [0.25, 0.3) is 0 Å². The molecule has 0 spiro atoms. The predicted molar refractivity (Wildman–Crippen MR) is 111 cm³/mol. The minimum absolute atomic E-state index is 0.0588. The molecule has 4 rings (SSSR count). The van der Waals surface area contributed by atoms with Crippen molar-refractivity contribution in [2.45, 2.75) is 33.5 Å². The Bertz CT molecular complexity index is 1160. The minimum Gasteiger partial charge on any atom is -0.349 e. The summed E-state index contributed by atoms with van der Waals surface area (Å²) in [5, 5.41) is 2.98. The van der Waals surface area contributed by atoms with Crippen molar-refractivity contribution in [3.63, 3.8) is 0 Å². The van der Waals surface area contributed by atoms with E-state index in [1.54, 1.807) is 24.5 Å². The number of carbonyl (C=O) groups is 1. The Labute approximate surface area is 173 Å². The summed E-state index contributed by atoms with van der Waals surface area (Å²) in [6, 6.07) is 10.1. The summed E-state index contributed by atoms with van der Waals surface area (Å²) >= 11 is 0. The molecule has 0 aliphatic rings. The van der Waals surface area contributed by atoms with E-state index in [9.17, 15) is 9.18 Å². The van der Waals surface area contributed by atoms with Crippen LogP contribution in [0.15, 0.2) is 55.0 Å². The molecule has 0 aliphatic heterocycles. The van der Waals surface area contributed by atoms with Gasteiger partial charge in [-0.3, -0.25) is 4.79 Å². The van der Waals surface area contributed by atoms with E-state index in [0.717, 1.165) is 22.6 Å². The summed E-state index contributed by atoms with van der Waals surface area (Å²) in [5.74, 6) is 1.03. The van der Waals surface area contributed by atoms with Crippen LogP contribution in [0.3, 0.4) is 0 Å². The summed E-state index contributed by atoms with van der Waals surface area (Å²) < 4.78 is 17.2. The second-order valence-corrected chi connectivity index (χ2v) is 7.33. The highest BCUT2D eigenvalue weighted by atomic mass is 19.1. The number of fused-ring (bicyclic) bond motifs is 1. The summed E-state index contributed by atoms with van der Waals surface area (Å²) in [5.41, 5.74) is 2.41. The van der Waals surface area contributed by atoms with Gasteiger partial charge in [-0.1, -0.05) is 19.1 Å². The number of hydrogen-bond acceptors (Lipinski definition) is 4.